The first-order valence-corrected chi connectivity index (χ1v) is 20.7. The van der Waals surface area contributed by atoms with Gasteiger partial charge in [-0.05, 0) is 76.3 Å². The third kappa shape index (κ3) is 8.67. The molecule has 16 nitrogen and oxygen atoms in total. The summed E-state index contributed by atoms with van der Waals surface area (Å²) in [6, 6.07) is 3.32. The highest BCUT2D eigenvalue weighted by Gasteiger charge is 2.78. The van der Waals surface area contributed by atoms with Crippen LogP contribution in [-0.2, 0) is 47.6 Å². The molecule has 4 aliphatic rings. The molecule has 338 valence electrons. The number of hydrogen-bond donors (Lipinski definition) is 4. The lowest BCUT2D eigenvalue weighted by Crippen LogP contribution is -2.82. The van der Waals surface area contributed by atoms with Crippen molar-refractivity contribution < 1.29 is 76.9 Å². The van der Waals surface area contributed by atoms with Gasteiger partial charge in [-0.25, -0.2) is 18.8 Å². The van der Waals surface area contributed by atoms with Crippen LogP contribution in [0.2, 0.25) is 0 Å². The number of aliphatic hydroxyl groups is 3. The van der Waals surface area contributed by atoms with E-state index in [-0.39, 0.29) is 48.5 Å². The van der Waals surface area contributed by atoms with Crippen molar-refractivity contribution in [2.75, 3.05) is 6.61 Å². The topological polar surface area (TPSA) is 231 Å². The van der Waals surface area contributed by atoms with Crippen molar-refractivity contribution in [3.8, 4) is 0 Å². The molecule has 2 bridgehead atoms. The van der Waals surface area contributed by atoms with E-state index >= 15 is 4.79 Å². The van der Waals surface area contributed by atoms with Crippen LogP contribution < -0.4 is 5.32 Å². The predicted molar refractivity (Wildman–Crippen MR) is 212 cm³/mol. The summed E-state index contributed by atoms with van der Waals surface area (Å²) in [4.78, 5) is 82.9. The molecule has 1 aromatic rings. The van der Waals surface area contributed by atoms with Gasteiger partial charge in [-0.2, -0.15) is 0 Å². The smallest absolute Gasteiger partial charge is 0.407 e. The van der Waals surface area contributed by atoms with E-state index in [4.69, 9.17) is 28.4 Å². The third-order valence-corrected chi connectivity index (χ3v) is 12.8. The van der Waals surface area contributed by atoms with Crippen molar-refractivity contribution in [3.63, 3.8) is 0 Å². The summed E-state index contributed by atoms with van der Waals surface area (Å²) in [5, 5.41) is 39.7. The van der Waals surface area contributed by atoms with E-state index in [1.54, 1.807) is 34.6 Å². The average Bonchev–Trinajstić information content (AvgIpc) is 3.14. The van der Waals surface area contributed by atoms with Crippen molar-refractivity contribution in [3.05, 3.63) is 46.8 Å². The van der Waals surface area contributed by atoms with Gasteiger partial charge in [-0.15, -0.1) is 0 Å². The second-order valence-corrected chi connectivity index (χ2v) is 18.9. The number of aliphatic hydroxyl groups excluding tert-OH is 2. The fourth-order valence-electron chi connectivity index (χ4n) is 9.72. The highest BCUT2D eigenvalue weighted by molar-refractivity contribution is 5.95. The van der Waals surface area contributed by atoms with Crippen LogP contribution in [0.5, 0.6) is 0 Å². The van der Waals surface area contributed by atoms with Crippen molar-refractivity contribution in [2.45, 2.75) is 161 Å². The Labute approximate surface area is 354 Å². The molecule has 3 aliphatic carbocycles. The number of ether oxygens (including phenoxy) is 6. The van der Waals surface area contributed by atoms with Gasteiger partial charge >= 0.3 is 30.0 Å². The molecule has 1 saturated heterocycles. The van der Waals surface area contributed by atoms with E-state index < -0.39 is 124 Å². The van der Waals surface area contributed by atoms with E-state index in [2.05, 4.69) is 5.32 Å². The molecule has 1 amide bonds. The lowest BCUT2D eigenvalue weighted by atomic mass is 9.44. The fourth-order valence-corrected chi connectivity index (χ4v) is 9.72. The minimum atomic E-state index is -2.47. The summed E-state index contributed by atoms with van der Waals surface area (Å²) >= 11 is 0. The number of carbonyl (C=O) groups excluding carboxylic acids is 6. The van der Waals surface area contributed by atoms with E-state index in [9.17, 15) is 43.7 Å². The Kier molecular flexibility index (Phi) is 13.3. The zero-order chi connectivity index (χ0) is 45.8. The summed E-state index contributed by atoms with van der Waals surface area (Å²) in [7, 11) is 0. The van der Waals surface area contributed by atoms with E-state index in [0.717, 1.165) is 19.1 Å². The van der Waals surface area contributed by atoms with Gasteiger partial charge in [0.1, 0.15) is 35.3 Å². The van der Waals surface area contributed by atoms with Crippen LogP contribution in [-0.4, -0.2) is 117 Å². The maximum absolute atomic E-state index is 15.5. The average molecular weight is 862 g/mol. The van der Waals surface area contributed by atoms with Crippen LogP contribution in [0.15, 0.2) is 35.4 Å². The zero-order valence-electron chi connectivity index (χ0n) is 36.7. The number of amides is 1. The zero-order valence-corrected chi connectivity index (χ0v) is 36.7. The molecule has 11 atom stereocenters. The van der Waals surface area contributed by atoms with Gasteiger partial charge < -0.3 is 49.1 Å². The molecule has 61 heavy (non-hydrogen) atoms. The Morgan fingerprint density at radius 1 is 1.07 bits per heavy atom. The Bertz CT molecular complexity index is 1960. The van der Waals surface area contributed by atoms with Crippen LogP contribution in [0.4, 0.5) is 9.18 Å². The quantitative estimate of drug-likeness (QED) is 0.140. The van der Waals surface area contributed by atoms with Crippen LogP contribution in [0.1, 0.15) is 112 Å². The largest absolute Gasteiger partial charge is 0.456 e. The summed E-state index contributed by atoms with van der Waals surface area (Å²) < 4.78 is 50.0. The van der Waals surface area contributed by atoms with Gasteiger partial charge in [-0.3, -0.25) is 14.4 Å². The van der Waals surface area contributed by atoms with Crippen LogP contribution in [0.3, 0.4) is 0 Å². The van der Waals surface area contributed by atoms with Gasteiger partial charge in [0, 0.05) is 31.6 Å². The highest BCUT2D eigenvalue weighted by Crippen LogP contribution is 2.64. The second kappa shape index (κ2) is 17.0. The van der Waals surface area contributed by atoms with Gasteiger partial charge in [0.25, 0.3) is 0 Å². The van der Waals surface area contributed by atoms with E-state index in [1.165, 1.54) is 46.8 Å². The first kappa shape index (κ1) is 47.6. The first-order valence-electron chi connectivity index (χ1n) is 20.7. The lowest BCUT2D eigenvalue weighted by Gasteiger charge is -2.67. The van der Waals surface area contributed by atoms with Crippen molar-refractivity contribution in [1.82, 2.24) is 5.32 Å². The normalized spacial score (nSPS) is 32.7. The van der Waals surface area contributed by atoms with Gasteiger partial charge in [-0.1, -0.05) is 40.7 Å². The number of esters is 4. The van der Waals surface area contributed by atoms with Crippen LogP contribution in [0, 0.1) is 28.5 Å². The molecule has 0 spiro atoms. The number of benzene rings is 1. The standard InChI is InChI=1S/C44H60FNO15/c1-12-30(49)58-33-31-22(4)27(57-38(53)32(50)26(16-21(2)3)46-39(54)61-40(6,7)8)19-44(55,41(31,9)10)36(59-37(52)24-14-13-15-25(45)17-24)34-42(11,35(33)51)28(48)18-29-43(34,20-56-29)60-23(5)47/h13-15,17,21,26-29,32-34,36,48,50,55H,12,16,18-20H2,1-11H3,(H,46,54)/t26-,27-,28-,29+,32+,33+,34?,36-,42+,43-,44+/m0/s1. The molecule has 0 aromatic heterocycles. The number of halogens is 1. The molecule has 0 radical (unpaired) electrons. The molecule has 5 rings (SSSR count). The molecule has 1 heterocycles. The SMILES string of the molecule is CCC(=O)O[C@H]1C(=O)[C@@]2(C)C([C@H](OC(=O)c3cccc(F)c3)[C@]3(O)C[C@H](OC(=O)[C@H](O)[C@H](CC(C)C)NC(=O)OC(C)(C)C)C(C)=C1C3(C)C)[C@]1(OC(C)=O)CO[C@@H]1C[C@@H]2O. The maximum atomic E-state index is 15.5. The van der Waals surface area contributed by atoms with Crippen molar-refractivity contribution in [1.29, 1.82) is 0 Å². The fraction of sp³-hybridized carbons (Fsp3) is 0.682. The highest BCUT2D eigenvalue weighted by atomic mass is 19.1. The summed E-state index contributed by atoms with van der Waals surface area (Å²) in [6.07, 6.45) is -11.9. The summed E-state index contributed by atoms with van der Waals surface area (Å²) in [5.41, 5.74) is -9.25. The lowest BCUT2D eigenvalue weighted by molar-refractivity contribution is -0.346. The number of nitrogens with one attached hydrogen (secondary N) is 1. The molecule has 3 fully saturated rings. The Balaban J connectivity index is 1.74. The van der Waals surface area contributed by atoms with Gasteiger partial charge in [0.15, 0.2) is 23.6 Å². The van der Waals surface area contributed by atoms with Crippen LogP contribution in [0.25, 0.3) is 0 Å². The van der Waals surface area contributed by atoms with Gasteiger partial charge in [0.05, 0.1) is 35.6 Å². The number of fused-ring (bicyclic) bond motifs is 5. The third-order valence-electron chi connectivity index (χ3n) is 12.8. The predicted octanol–water partition coefficient (Wildman–Crippen LogP) is 4.03. The second-order valence-electron chi connectivity index (χ2n) is 18.9. The molecule has 17 heteroatoms. The minimum absolute atomic E-state index is 0.0434. The Morgan fingerprint density at radius 3 is 2.26 bits per heavy atom. The van der Waals surface area contributed by atoms with E-state index in [1.807, 2.05) is 0 Å². The molecule has 1 aromatic carbocycles. The monoisotopic (exact) mass is 861 g/mol. The summed E-state index contributed by atoms with van der Waals surface area (Å²) in [6.45, 7) is 16.7. The van der Waals surface area contributed by atoms with Crippen molar-refractivity contribution >= 4 is 35.8 Å². The number of hydrogen-bond acceptors (Lipinski definition) is 15. The molecular weight excluding hydrogens is 801 g/mol. The first-order chi connectivity index (χ1) is 28.1. The maximum Gasteiger partial charge on any atom is 0.407 e. The van der Waals surface area contributed by atoms with Gasteiger partial charge in [0.2, 0.25) is 0 Å². The number of ketones is 1. The number of Topliss-reactive ketones (excluding diaryl/α,β-unsaturated/α-hetero) is 1. The van der Waals surface area contributed by atoms with Crippen LogP contribution >= 0.6 is 0 Å². The minimum Gasteiger partial charge on any atom is -0.456 e. The number of alkyl carbamates (subject to hydrolysis) is 1. The molecule has 1 aliphatic heterocycles. The molecule has 1 unspecified atom stereocenters. The Morgan fingerprint density at radius 2 is 1.72 bits per heavy atom. The van der Waals surface area contributed by atoms with E-state index in [0.29, 0.717) is 0 Å². The molecule has 4 N–H and O–H groups in total. The Hall–Kier alpha value is -4.45. The number of rotatable bonds is 11. The molecule has 2 saturated carbocycles. The summed E-state index contributed by atoms with van der Waals surface area (Å²) in [5.74, 6) is -7.53. The van der Waals surface area contributed by atoms with Crippen molar-refractivity contribution in [2.24, 2.45) is 22.7 Å². The number of carbonyl (C=O) groups is 6. The molecular formula is C44H60FNO15.